The van der Waals surface area contributed by atoms with Crippen molar-refractivity contribution < 1.29 is 9.53 Å². The summed E-state index contributed by atoms with van der Waals surface area (Å²) in [7, 11) is 1.81. The van der Waals surface area contributed by atoms with E-state index in [1.54, 1.807) is 7.05 Å². The molecular formula is C14H24N2O2. The summed E-state index contributed by atoms with van der Waals surface area (Å²) in [6.07, 6.45) is 1.43. The van der Waals surface area contributed by atoms with Crippen molar-refractivity contribution in [3.05, 3.63) is 36.1 Å². The van der Waals surface area contributed by atoms with Gasteiger partial charge in [0.25, 0.3) is 0 Å². The summed E-state index contributed by atoms with van der Waals surface area (Å²) in [6, 6.07) is 0. The van der Waals surface area contributed by atoms with Gasteiger partial charge in [0, 0.05) is 19.3 Å². The van der Waals surface area contributed by atoms with Crippen LogP contribution in [0.4, 0.5) is 4.79 Å². The van der Waals surface area contributed by atoms with Crippen molar-refractivity contribution >= 4 is 6.09 Å². The van der Waals surface area contributed by atoms with Gasteiger partial charge in [0.15, 0.2) is 0 Å². The Morgan fingerprint density at radius 1 is 1.33 bits per heavy atom. The highest BCUT2D eigenvalue weighted by atomic mass is 16.6. The fourth-order valence-electron chi connectivity index (χ4n) is 1.14. The normalized spacial score (nSPS) is 11.7. The molecule has 0 atom stereocenters. The molecule has 0 aliphatic rings. The molecule has 0 aliphatic carbocycles. The van der Waals surface area contributed by atoms with E-state index in [1.165, 1.54) is 0 Å². The quantitative estimate of drug-likeness (QED) is 0.740. The van der Waals surface area contributed by atoms with Crippen LogP contribution in [0.1, 0.15) is 27.7 Å². The molecule has 2 N–H and O–H groups in total. The lowest BCUT2D eigenvalue weighted by Gasteiger charge is -2.19. The fourth-order valence-corrected chi connectivity index (χ4v) is 1.14. The topological polar surface area (TPSA) is 50.4 Å². The monoisotopic (exact) mass is 252 g/mol. The highest BCUT2D eigenvalue weighted by Gasteiger charge is 2.15. The zero-order chi connectivity index (χ0) is 14.3. The second kappa shape index (κ2) is 6.89. The first kappa shape index (κ1) is 16.3. The number of nitrogens with one attached hydrogen (secondary N) is 2. The van der Waals surface area contributed by atoms with Crippen molar-refractivity contribution in [2.24, 2.45) is 0 Å². The highest BCUT2D eigenvalue weighted by molar-refractivity contribution is 5.68. The first-order valence-corrected chi connectivity index (χ1v) is 5.85. The predicted octanol–water partition coefficient (Wildman–Crippen LogP) is 2.75. The van der Waals surface area contributed by atoms with Crippen molar-refractivity contribution in [3.8, 4) is 0 Å². The summed E-state index contributed by atoms with van der Waals surface area (Å²) in [6.45, 7) is 15.4. The zero-order valence-electron chi connectivity index (χ0n) is 12.0. The van der Waals surface area contributed by atoms with Gasteiger partial charge in [-0.05, 0) is 38.8 Å². The minimum atomic E-state index is -0.489. The standard InChI is InChI=1S/C14H24N2O2/c1-10(8-11(2)12(3)15-7)9-16-13(17)18-14(4,5)6/h8,15H,1,3,9H2,2,4-7H3,(H,16,17)/b11-8-. The molecule has 18 heavy (non-hydrogen) atoms. The Morgan fingerprint density at radius 2 is 1.89 bits per heavy atom. The average molecular weight is 252 g/mol. The third-order valence-electron chi connectivity index (χ3n) is 2.06. The van der Waals surface area contributed by atoms with Gasteiger partial charge in [0.05, 0.1) is 0 Å². The van der Waals surface area contributed by atoms with E-state index in [2.05, 4.69) is 23.8 Å². The number of ether oxygens (including phenoxy) is 1. The molecule has 0 aromatic carbocycles. The predicted molar refractivity (Wildman–Crippen MR) is 75.3 cm³/mol. The van der Waals surface area contributed by atoms with Crippen molar-refractivity contribution in [1.82, 2.24) is 10.6 Å². The summed E-state index contributed by atoms with van der Waals surface area (Å²) in [4.78, 5) is 11.4. The van der Waals surface area contributed by atoms with Crippen LogP contribution >= 0.6 is 0 Å². The smallest absolute Gasteiger partial charge is 0.407 e. The van der Waals surface area contributed by atoms with E-state index < -0.39 is 11.7 Å². The van der Waals surface area contributed by atoms with Gasteiger partial charge in [-0.2, -0.15) is 0 Å². The first-order valence-electron chi connectivity index (χ1n) is 5.85. The van der Waals surface area contributed by atoms with Crippen LogP contribution in [0.3, 0.4) is 0 Å². The van der Waals surface area contributed by atoms with Crippen LogP contribution in [0.15, 0.2) is 36.1 Å². The van der Waals surface area contributed by atoms with Crippen LogP contribution in [-0.2, 0) is 4.74 Å². The molecule has 0 heterocycles. The van der Waals surface area contributed by atoms with Crippen LogP contribution in [0, 0.1) is 0 Å². The van der Waals surface area contributed by atoms with E-state index >= 15 is 0 Å². The number of likely N-dealkylation sites (N-methyl/N-ethyl adjacent to an activating group) is 1. The maximum Gasteiger partial charge on any atom is 0.407 e. The highest BCUT2D eigenvalue weighted by Crippen LogP contribution is 2.08. The lowest BCUT2D eigenvalue weighted by molar-refractivity contribution is 0.0533. The summed E-state index contributed by atoms with van der Waals surface area (Å²) < 4.78 is 5.12. The molecular weight excluding hydrogens is 228 g/mol. The van der Waals surface area contributed by atoms with Crippen LogP contribution in [0.2, 0.25) is 0 Å². The van der Waals surface area contributed by atoms with Crippen molar-refractivity contribution in [1.29, 1.82) is 0 Å². The third kappa shape index (κ3) is 7.54. The number of carbonyl (C=O) groups is 1. The van der Waals surface area contributed by atoms with Crippen LogP contribution in [0.25, 0.3) is 0 Å². The Morgan fingerprint density at radius 3 is 2.33 bits per heavy atom. The summed E-state index contributed by atoms with van der Waals surface area (Å²) in [5, 5.41) is 5.60. The Bertz CT molecular complexity index is 362. The zero-order valence-corrected chi connectivity index (χ0v) is 12.0. The van der Waals surface area contributed by atoms with E-state index in [0.717, 1.165) is 16.8 Å². The van der Waals surface area contributed by atoms with Gasteiger partial charge in [-0.15, -0.1) is 0 Å². The number of hydrogen-bond acceptors (Lipinski definition) is 3. The fraction of sp³-hybridized carbons (Fsp3) is 0.500. The molecule has 0 rings (SSSR count). The minimum Gasteiger partial charge on any atom is -0.444 e. The van der Waals surface area contributed by atoms with Crippen LogP contribution in [0.5, 0.6) is 0 Å². The number of allylic oxidation sites excluding steroid dienone is 1. The lowest BCUT2D eigenvalue weighted by Crippen LogP contribution is -2.33. The first-order chi connectivity index (χ1) is 8.15. The molecule has 4 nitrogen and oxygen atoms in total. The van der Waals surface area contributed by atoms with Gasteiger partial charge >= 0.3 is 6.09 Å². The lowest BCUT2D eigenvalue weighted by atomic mass is 10.1. The molecule has 0 aromatic heterocycles. The number of amides is 1. The number of carbonyl (C=O) groups excluding carboxylic acids is 1. The Labute approximate surface area is 110 Å². The van der Waals surface area contributed by atoms with E-state index in [9.17, 15) is 4.79 Å². The molecule has 0 unspecified atom stereocenters. The van der Waals surface area contributed by atoms with Gasteiger partial charge < -0.3 is 15.4 Å². The van der Waals surface area contributed by atoms with E-state index in [1.807, 2.05) is 33.8 Å². The molecule has 0 spiro atoms. The Hall–Kier alpha value is -1.71. The largest absolute Gasteiger partial charge is 0.444 e. The van der Waals surface area contributed by atoms with Gasteiger partial charge in [-0.1, -0.05) is 19.2 Å². The van der Waals surface area contributed by atoms with E-state index in [-0.39, 0.29) is 0 Å². The Balaban J connectivity index is 4.20. The second-order valence-electron chi connectivity index (χ2n) is 5.07. The van der Waals surface area contributed by atoms with Gasteiger partial charge in [0.1, 0.15) is 5.60 Å². The number of hydrogen-bond donors (Lipinski definition) is 2. The molecule has 1 amide bonds. The molecule has 0 saturated heterocycles. The summed E-state index contributed by atoms with van der Waals surface area (Å²) >= 11 is 0. The van der Waals surface area contributed by atoms with E-state index in [4.69, 9.17) is 4.74 Å². The number of alkyl carbamates (subject to hydrolysis) is 1. The SMILES string of the molecule is C=C(/C=C(/C)C(=C)NC)CNC(=O)OC(C)(C)C. The Kier molecular flexibility index (Phi) is 6.23. The summed E-state index contributed by atoms with van der Waals surface area (Å²) in [5.41, 5.74) is 2.11. The molecule has 0 radical (unpaired) electrons. The van der Waals surface area contributed by atoms with Gasteiger partial charge in [0.2, 0.25) is 0 Å². The maximum atomic E-state index is 11.4. The van der Waals surface area contributed by atoms with E-state index in [0.29, 0.717) is 6.54 Å². The van der Waals surface area contributed by atoms with Crippen LogP contribution in [-0.4, -0.2) is 25.3 Å². The average Bonchev–Trinajstić information content (AvgIpc) is 2.22. The molecule has 0 aromatic rings. The van der Waals surface area contributed by atoms with Gasteiger partial charge in [-0.25, -0.2) is 4.79 Å². The molecule has 0 bridgehead atoms. The minimum absolute atomic E-state index is 0.350. The third-order valence-corrected chi connectivity index (χ3v) is 2.06. The van der Waals surface area contributed by atoms with Crippen molar-refractivity contribution in [2.75, 3.05) is 13.6 Å². The number of rotatable bonds is 5. The van der Waals surface area contributed by atoms with Gasteiger partial charge in [-0.3, -0.25) is 0 Å². The molecule has 0 saturated carbocycles. The van der Waals surface area contributed by atoms with Crippen molar-refractivity contribution in [2.45, 2.75) is 33.3 Å². The molecule has 0 aliphatic heterocycles. The van der Waals surface area contributed by atoms with Crippen molar-refractivity contribution in [3.63, 3.8) is 0 Å². The molecule has 102 valence electrons. The maximum absolute atomic E-state index is 11.4. The molecule has 4 heteroatoms. The summed E-state index contributed by atoms with van der Waals surface area (Å²) in [5.74, 6) is 0. The second-order valence-corrected chi connectivity index (χ2v) is 5.07. The molecule has 0 fully saturated rings. The van der Waals surface area contributed by atoms with Crippen LogP contribution < -0.4 is 10.6 Å².